The van der Waals surface area contributed by atoms with Gasteiger partial charge < -0.3 is 0 Å². The quantitative estimate of drug-likeness (QED) is 0.650. The van der Waals surface area contributed by atoms with Gasteiger partial charge in [0.15, 0.2) is 0 Å². The van der Waals surface area contributed by atoms with Crippen molar-refractivity contribution in [2.24, 2.45) is 0 Å². The van der Waals surface area contributed by atoms with Crippen molar-refractivity contribution in [1.29, 1.82) is 0 Å². The van der Waals surface area contributed by atoms with Crippen LogP contribution in [0.25, 0.3) is 6.08 Å². The second-order valence-corrected chi connectivity index (χ2v) is 3.72. The van der Waals surface area contributed by atoms with Crippen LogP contribution in [0.1, 0.15) is 12.0 Å². The smallest absolute Gasteiger partial charge is 0.105 e. The van der Waals surface area contributed by atoms with Gasteiger partial charge in [0.2, 0.25) is 0 Å². The molecule has 0 heterocycles. The molecule has 0 nitrogen and oxygen atoms in total. The van der Waals surface area contributed by atoms with Crippen molar-refractivity contribution in [1.82, 2.24) is 0 Å². The van der Waals surface area contributed by atoms with E-state index < -0.39 is 0 Å². The molecule has 64 valence electrons. The SMILES string of the molecule is ClC(Cl)CC=Cc1ccccc1. The Morgan fingerprint density at radius 1 is 1.17 bits per heavy atom. The van der Waals surface area contributed by atoms with Crippen LogP contribution in [0.2, 0.25) is 0 Å². The monoisotopic (exact) mass is 200 g/mol. The third-order valence-corrected chi connectivity index (χ3v) is 1.78. The zero-order valence-corrected chi connectivity index (χ0v) is 8.09. The van der Waals surface area contributed by atoms with Gasteiger partial charge in [0.05, 0.1) is 0 Å². The molecule has 0 spiro atoms. The molecule has 0 aliphatic heterocycles. The first-order chi connectivity index (χ1) is 5.79. The van der Waals surface area contributed by atoms with Gasteiger partial charge in [-0.25, -0.2) is 0 Å². The first kappa shape index (κ1) is 9.63. The lowest BCUT2D eigenvalue weighted by atomic mass is 10.2. The number of allylic oxidation sites excluding steroid dienone is 1. The van der Waals surface area contributed by atoms with Gasteiger partial charge in [0.25, 0.3) is 0 Å². The normalized spacial score (nSPS) is 11.2. The highest BCUT2D eigenvalue weighted by atomic mass is 35.5. The Morgan fingerprint density at radius 3 is 2.42 bits per heavy atom. The molecule has 0 atom stereocenters. The van der Waals surface area contributed by atoms with E-state index in [1.54, 1.807) is 0 Å². The minimum atomic E-state index is -0.301. The van der Waals surface area contributed by atoms with E-state index in [4.69, 9.17) is 23.2 Å². The van der Waals surface area contributed by atoms with Crippen LogP contribution in [0, 0.1) is 0 Å². The fraction of sp³-hybridized carbons (Fsp3) is 0.200. The standard InChI is InChI=1S/C10H10Cl2/c11-10(12)8-4-7-9-5-2-1-3-6-9/h1-7,10H,8H2. The van der Waals surface area contributed by atoms with Crippen LogP contribution < -0.4 is 0 Å². The Balaban J connectivity index is 2.47. The minimum Gasteiger partial charge on any atom is -0.105 e. The lowest BCUT2D eigenvalue weighted by Crippen LogP contribution is -1.80. The summed E-state index contributed by atoms with van der Waals surface area (Å²) in [4.78, 5) is -0.301. The number of benzene rings is 1. The van der Waals surface area contributed by atoms with Gasteiger partial charge in [-0.2, -0.15) is 0 Å². The summed E-state index contributed by atoms with van der Waals surface area (Å²) in [7, 11) is 0. The Labute approximate surface area is 82.8 Å². The molecule has 1 rings (SSSR count). The van der Waals surface area contributed by atoms with Gasteiger partial charge in [0, 0.05) is 0 Å². The number of rotatable bonds is 3. The fourth-order valence-electron chi connectivity index (χ4n) is 0.871. The summed E-state index contributed by atoms with van der Waals surface area (Å²) in [6.45, 7) is 0. The molecular weight excluding hydrogens is 191 g/mol. The van der Waals surface area contributed by atoms with Gasteiger partial charge in [-0.15, -0.1) is 23.2 Å². The topological polar surface area (TPSA) is 0 Å². The summed E-state index contributed by atoms with van der Waals surface area (Å²) in [5, 5.41) is 0. The van der Waals surface area contributed by atoms with Crippen molar-refractivity contribution in [3.63, 3.8) is 0 Å². The fourth-order valence-corrected chi connectivity index (χ4v) is 1.08. The summed E-state index contributed by atoms with van der Waals surface area (Å²) in [5.41, 5.74) is 1.17. The molecule has 0 amide bonds. The lowest BCUT2D eigenvalue weighted by molar-refractivity contribution is 1.16. The molecular formula is C10H10Cl2. The summed E-state index contributed by atoms with van der Waals surface area (Å²) in [5.74, 6) is 0. The van der Waals surface area contributed by atoms with Crippen molar-refractivity contribution < 1.29 is 0 Å². The highest BCUT2D eigenvalue weighted by Gasteiger charge is 1.92. The Hall–Kier alpha value is -0.460. The van der Waals surface area contributed by atoms with Crippen molar-refractivity contribution in [2.45, 2.75) is 11.3 Å². The third kappa shape index (κ3) is 3.80. The Kier molecular flexibility index (Phi) is 4.20. The van der Waals surface area contributed by atoms with Crippen LogP contribution in [-0.2, 0) is 0 Å². The van der Waals surface area contributed by atoms with Crippen molar-refractivity contribution in [2.75, 3.05) is 0 Å². The maximum atomic E-state index is 5.56. The summed E-state index contributed by atoms with van der Waals surface area (Å²) >= 11 is 11.1. The van der Waals surface area contributed by atoms with E-state index in [1.165, 1.54) is 5.56 Å². The molecule has 2 heteroatoms. The first-order valence-electron chi connectivity index (χ1n) is 3.79. The second kappa shape index (κ2) is 5.23. The predicted octanol–water partition coefficient (Wildman–Crippen LogP) is 3.89. The number of hydrogen-bond acceptors (Lipinski definition) is 0. The highest BCUT2D eigenvalue weighted by Crippen LogP contribution is 2.09. The number of halogens is 2. The van der Waals surface area contributed by atoms with Crippen LogP contribution >= 0.6 is 23.2 Å². The van der Waals surface area contributed by atoms with Crippen molar-refractivity contribution in [3.8, 4) is 0 Å². The molecule has 0 fully saturated rings. The average Bonchev–Trinajstić information content (AvgIpc) is 2.05. The van der Waals surface area contributed by atoms with Crippen LogP contribution in [0.15, 0.2) is 36.4 Å². The van der Waals surface area contributed by atoms with Gasteiger partial charge in [-0.3, -0.25) is 0 Å². The molecule has 0 N–H and O–H groups in total. The van der Waals surface area contributed by atoms with E-state index >= 15 is 0 Å². The molecule has 0 aliphatic rings. The zero-order chi connectivity index (χ0) is 8.81. The molecule has 0 saturated heterocycles. The predicted molar refractivity (Wildman–Crippen MR) is 55.6 cm³/mol. The van der Waals surface area contributed by atoms with Gasteiger partial charge in [-0.1, -0.05) is 42.5 Å². The van der Waals surface area contributed by atoms with Gasteiger partial charge in [0.1, 0.15) is 4.84 Å². The largest absolute Gasteiger partial charge is 0.111 e. The van der Waals surface area contributed by atoms with Crippen LogP contribution in [-0.4, -0.2) is 4.84 Å². The molecule has 0 bridgehead atoms. The second-order valence-electron chi connectivity index (χ2n) is 2.44. The number of alkyl halides is 2. The third-order valence-electron chi connectivity index (χ3n) is 1.42. The van der Waals surface area contributed by atoms with E-state index in [1.807, 2.05) is 42.5 Å². The summed E-state index contributed by atoms with van der Waals surface area (Å²) < 4.78 is 0. The van der Waals surface area contributed by atoms with E-state index in [9.17, 15) is 0 Å². The van der Waals surface area contributed by atoms with Crippen LogP contribution in [0.5, 0.6) is 0 Å². The zero-order valence-electron chi connectivity index (χ0n) is 6.58. The molecule has 0 unspecified atom stereocenters. The van der Waals surface area contributed by atoms with Crippen LogP contribution in [0.3, 0.4) is 0 Å². The molecule has 12 heavy (non-hydrogen) atoms. The molecule has 1 aromatic carbocycles. The van der Waals surface area contributed by atoms with Crippen LogP contribution in [0.4, 0.5) is 0 Å². The first-order valence-corrected chi connectivity index (χ1v) is 4.66. The van der Waals surface area contributed by atoms with Crippen molar-refractivity contribution in [3.05, 3.63) is 42.0 Å². The molecule has 0 radical (unpaired) electrons. The maximum Gasteiger partial charge on any atom is 0.111 e. The summed E-state index contributed by atoms with van der Waals surface area (Å²) in [6, 6.07) is 10.1. The van der Waals surface area contributed by atoms with Gasteiger partial charge >= 0.3 is 0 Å². The van der Waals surface area contributed by atoms with E-state index in [0.717, 1.165) is 0 Å². The highest BCUT2D eigenvalue weighted by molar-refractivity contribution is 6.44. The lowest BCUT2D eigenvalue weighted by Gasteiger charge is -1.93. The molecule has 1 aromatic rings. The Morgan fingerprint density at radius 2 is 1.83 bits per heavy atom. The molecule has 0 aromatic heterocycles. The maximum absolute atomic E-state index is 5.56. The molecule has 0 saturated carbocycles. The van der Waals surface area contributed by atoms with E-state index in [2.05, 4.69) is 0 Å². The molecule has 0 aliphatic carbocycles. The Bertz CT molecular complexity index is 239. The van der Waals surface area contributed by atoms with E-state index in [-0.39, 0.29) is 4.84 Å². The van der Waals surface area contributed by atoms with Gasteiger partial charge in [-0.05, 0) is 12.0 Å². The van der Waals surface area contributed by atoms with E-state index in [0.29, 0.717) is 6.42 Å². The minimum absolute atomic E-state index is 0.301. The average molecular weight is 201 g/mol. The summed E-state index contributed by atoms with van der Waals surface area (Å²) in [6.07, 6.45) is 4.68. The number of hydrogen-bond donors (Lipinski definition) is 0. The van der Waals surface area contributed by atoms with Crippen molar-refractivity contribution >= 4 is 29.3 Å².